The van der Waals surface area contributed by atoms with Crippen LogP contribution in [-0.2, 0) is 18.0 Å². The van der Waals surface area contributed by atoms with Gasteiger partial charge < -0.3 is 9.84 Å². The van der Waals surface area contributed by atoms with Crippen LogP contribution in [0.5, 0.6) is 0 Å². The van der Waals surface area contributed by atoms with E-state index < -0.39 is 0 Å². The minimum atomic E-state index is 0.00698. The first-order valence-corrected chi connectivity index (χ1v) is 5.61. The lowest BCUT2D eigenvalue weighted by Crippen LogP contribution is -1.99. The van der Waals surface area contributed by atoms with Crippen molar-refractivity contribution < 1.29 is 9.84 Å². The molecule has 84 valence electrons. The lowest BCUT2D eigenvalue weighted by Gasteiger charge is -2.08. The third-order valence-corrected chi connectivity index (χ3v) is 2.47. The molecule has 0 aliphatic rings. The van der Waals surface area contributed by atoms with Crippen molar-refractivity contribution in [3.63, 3.8) is 0 Å². The van der Waals surface area contributed by atoms with Crippen LogP contribution in [0.15, 0.2) is 18.2 Å². The van der Waals surface area contributed by atoms with E-state index >= 15 is 0 Å². The van der Waals surface area contributed by atoms with Crippen molar-refractivity contribution in [2.45, 2.75) is 33.0 Å². The Morgan fingerprint density at radius 2 is 2.13 bits per heavy atom. The quantitative estimate of drug-likeness (QED) is 0.758. The maximum atomic E-state index is 9.13. The molecule has 15 heavy (non-hydrogen) atoms. The molecular formula is C12H17ClO2. The fourth-order valence-corrected chi connectivity index (χ4v) is 1.51. The van der Waals surface area contributed by atoms with Crippen LogP contribution >= 0.6 is 11.6 Å². The van der Waals surface area contributed by atoms with Crippen LogP contribution in [0.4, 0.5) is 0 Å². The van der Waals surface area contributed by atoms with E-state index in [0.717, 1.165) is 30.6 Å². The van der Waals surface area contributed by atoms with Crippen LogP contribution < -0.4 is 0 Å². The Morgan fingerprint density at radius 3 is 2.80 bits per heavy atom. The van der Waals surface area contributed by atoms with Crippen molar-refractivity contribution in [2.24, 2.45) is 0 Å². The first-order valence-electron chi connectivity index (χ1n) is 5.23. The average molecular weight is 229 g/mol. The molecule has 0 spiro atoms. The summed E-state index contributed by atoms with van der Waals surface area (Å²) in [6.45, 7) is 3.45. The topological polar surface area (TPSA) is 29.5 Å². The highest BCUT2D eigenvalue weighted by Gasteiger charge is 2.02. The molecule has 0 amide bonds. The van der Waals surface area contributed by atoms with Crippen LogP contribution in [-0.4, -0.2) is 11.7 Å². The van der Waals surface area contributed by atoms with Crippen LogP contribution in [0, 0.1) is 0 Å². The highest BCUT2D eigenvalue weighted by atomic mass is 35.5. The number of rotatable bonds is 6. The molecule has 0 bridgehead atoms. The molecule has 0 aliphatic carbocycles. The molecule has 0 saturated carbocycles. The van der Waals surface area contributed by atoms with Gasteiger partial charge in [-0.1, -0.05) is 31.0 Å². The molecule has 1 aromatic rings. The zero-order valence-electron chi connectivity index (χ0n) is 9.00. The Kier molecular flexibility index (Phi) is 5.69. The summed E-state index contributed by atoms with van der Waals surface area (Å²) in [4.78, 5) is 0. The van der Waals surface area contributed by atoms with E-state index in [0.29, 0.717) is 11.6 Å². The second kappa shape index (κ2) is 6.83. The number of halogens is 1. The summed E-state index contributed by atoms with van der Waals surface area (Å²) in [7, 11) is 0. The Bertz CT molecular complexity index is 300. The van der Waals surface area contributed by atoms with Gasteiger partial charge in [-0.3, -0.25) is 0 Å². The molecule has 1 N–H and O–H groups in total. The maximum absolute atomic E-state index is 9.13. The number of benzene rings is 1. The zero-order valence-corrected chi connectivity index (χ0v) is 9.76. The highest BCUT2D eigenvalue weighted by molar-refractivity contribution is 6.30. The van der Waals surface area contributed by atoms with E-state index in [1.165, 1.54) is 0 Å². The number of ether oxygens (including phenoxy) is 1. The van der Waals surface area contributed by atoms with Gasteiger partial charge in [0.2, 0.25) is 0 Å². The van der Waals surface area contributed by atoms with Gasteiger partial charge in [0.1, 0.15) is 0 Å². The molecule has 2 nitrogen and oxygen atoms in total. The van der Waals surface area contributed by atoms with E-state index in [2.05, 4.69) is 6.92 Å². The number of unbranched alkanes of at least 4 members (excludes halogenated alkanes) is 1. The Morgan fingerprint density at radius 1 is 1.33 bits per heavy atom. The first kappa shape index (κ1) is 12.5. The number of hydrogen-bond donors (Lipinski definition) is 1. The van der Waals surface area contributed by atoms with Gasteiger partial charge in [-0.2, -0.15) is 0 Å². The summed E-state index contributed by atoms with van der Waals surface area (Å²) >= 11 is 5.83. The molecule has 3 heteroatoms. The summed E-state index contributed by atoms with van der Waals surface area (Å²) in [6, 6.07) is 5.50. The third kappa shape index (κ3) is 4.20. The Hall–Kier alpha value is -0.570. The van der Waals surface area contributed by atoms with Gasteiger partial charge in [0.05, 0.1) is 13.2 Å². The normalized spacial score (nSPS) is 10.6. The smallest absolute Gasteiger partial charge is 0.0720 e. The molecule has 0 atom stereocenters. The first-order chi connectivity index (χ1) is 7.27. The van der Waals surface area contributed by atoms with Gasteiger partial charge in [0.15, 0.2) is 0 Å². The predicted molar refractivity (Wildman–Crippen MR) is 61.9 cm³/mol. The minimum Gasteiger partial charge on any atom is -0.392 e. The summed E-state index contributed by atoms with van der Waals surface area (Å²) < 4.78 is 5.49. The second-order valence-corrected chi connectivity index (χ2v) is 3.91. The van der Waals surface area contributed by atoms with Crippen LogP contribution in [0.3, 0.4) is 0 Å². The molecule has 0 unspecified atom stereocenters. The van der Waals surface area contributed by atoms with Crippen LogP contribution in [0.2, 0.25) is 5.02 Å². The lowest BCUT2D eigenvalue weighted by atomic mass is 10.1. The molecule has 1 aromatic carbocycles. The molecular weight excluding hydrogens is 212 g/mol. The minimum absolute atomic E-state index is 0.00698. The molecule has 0 saturated heterocycles. The van der Waals surface area contributed by atoms with Gasteiger partial charge in [0.25, 0.3) is 0 Å². The largest absolute Gasteiger partial charge is 0.392 e. The fraction of sp³-hybridized carbons (Fsp3) is 0.500. The van der Waals surface area contributed by atoms with Crippen LogP contribution in [0.1, 0.15) is 30.9 Å². The summed E-state index contributed by atoms with van der Waals surface area (Å²) in [5, 5.41) is 9.78. The molecule has 0 heterocycles. The average Bonchev–Trinajstić information content (AvgIpc) is 2.26. The van der Waals surface area contributed by atoms with Gasteiger partial charge in [-0.15, -0.1) is 0 Å². The van der Waals surface area contributed by atoms with Crippen molar-refractivity contribution in [1.29, 1.82) is 0 Å². The van der Waals surface area contributed by atoms with Crippen molar-refractivity contribution in [3.05, 3.63) is 34.3 Å². The fourth-order valence-electron chi connectivity index (χ4n) is 1.31. The van der Waals surface area contributed by atoms with Gasteiger partial charge in [-0.05, 0) is 29.7 Å². The Labute approximate surface area is 95.8 Å². The number of aliphatic hydroxyl groups is 1. The van der Waals surface area contributed by atoms with E-state index in [4.69, 9.17) is 21.4 Å². The van der Waals surface area contributed by atoms with Crippen LogP contribution in [0.25, 0.3) is 0 Å². The maximum Gasteiger partial charge on any atom is 0.0720 e. The lowest BCUT2D eigenvalue weighted by molar-refractivity contribution is 0.116. The van der Waals surface area contributed by atoms with Gasteiger partial charge in [0, 0.05) is 11.6 Å². The van der Waals surface area contributed by atoms with Crippen molar-refractivity contribution in [1.82, 2.24) is 0 Å². The van der Waals surface area contributed by atoms with Crippen molar-refractivity contribution in [3.8, 4) is 0 Å². The molecule has 0 aliphatic heterocycles. The molecule has 0 radical (unpaired) electrons. The Balaban J connectivity index is 2.52. The summed E-state index contributed by atoms with van der Waals surface area (Å²) in [5.74, 6) is 0. The van der Waals surface area contributed by atoms with Crippen molar-refractivity contribution in [2.75, 3.05) is 6.61 Å². The van der Waals surface area contributed by atoms with E-state index in [1.54, 1.807) is 6.07 Å². The monoisotopic (exact) mass is 228 g/mol. The molecule has 0 fully saturated rings. The molecule has 1 rings (SSSR count). The third-order valence-electron chi connectivity index (χ3n) is 2.24. The highest BCUT2D eigenvalue weighted by Crippen LogP contribution is 2.17. The van der Waals surface area contributed by atoms with E-state index in [-0.39, 0.29) is 6.61 Å². The number of aliphatic hydroxyl groups excluding tert-OH is 1. The van der Waals surface area contributed by atoms with E-state index in [1.807, 2.05) is 12.1 Å². The zero-order chi connectivity index (χ0) is 11.1. The summed E-state index contributed by atoms with van der Waals surface area (Å²) in [5.41, 5.74) is 1.86. The number of hydrogen-bond acceptors (Lipinski definition) is 2. The van der Waals surface area contributed by atoms with Crippen molar-refractivity contribution >= 4 is 11.6 Å². The second-order valence-electron chi connectivity index (χ2n) is 3.48. The SMILES string of the molecule is CCCCOCc1ccc(Cl)cc1CO. The van der Waals surface area contributed by atoms with E-state index in [9.17, 15) is 0 Å². The van der Waals surface area contributed by atoms with Gasteiger partial charge in [-0.25, -0.2) is 0 Å². The summed E-state index contributed by atoms with van der Waals surface area (Å²) in [6.07, 6.45) is 2.20. The molecule has 0 aromatic heterocycles. The standard InChI is InChI=1S/C12H17ClO2/c1-2-3-6-15-9-10-4-5-12(13)7-11(10)8-14/h4-5,7,14H,2-3,6,8-9H2,1H3. The van der Waals surface area contributed by atoms with Gasteiger partial charge >= 0.3 is 0 Å². The predicted octanol–water partition coefficient (Wildman–Crippen LogP) is 3.15.